The fourth-order valence-electron chi connectivity index (χ4n) is 3.75. The Morgan fingerprint density at radius 2 is 2.08 bits per heavy atom. The zero-order valence-electron chi connectivity index (χ0n) is 20.0. The van der Waals surface area contributed by atoms with Crippen LogP contribution in [0.3, 0.4) is 0 Å². The van der Waals surface area contributed by atoms with Gasteiger partial charge in [-0.3, -0.25) is 23.7 Å². The minimum atomic E-state index is -4.73. The van der Waals surface area contributed by atoms with Gasteiger partial charge in [-0.15, -0.1) is 0 Å². The van der Waals surface area contributed by atoms with Gasteiger partial charge in [0.05, 0.1) is 12.7 Å². The number of nitrogens with one attached hydrogen (secondary N) is 2. The number of nitrogens with zero attached hydrogens (tertiary/aromatic N) is 4. The summed E-state index contributed by atoms with van der Waals surface area (Å²) in [5.41, 5.74) is 6.09. The van der Waals surface area contributed by atoms with E-state index in [9.17, 15) is 28.9 Å². The maximum absolute atomic E-state index is 12.7. The van der Waals surface area contributed by atoms with Crippen LogP contribution < -0.4 is 16.3 Å². The number of aromatic nitrogens is 2. The molecule has 0 radical (unpaired) electrons. The summed E-state index contributed by atoms with van der Waals surface area (Å²) in [7, 11) is -4.73. The van der Waals surface area contributed by atoms with E-state index in [4.69, 9.17) is 19.5 Å². The zero-order valence-corrected chi connectivity index (χ0v) is 20.9. The van der Waals surface area contributed by atoms with Crippen molar-refractivity contribution in [1.29, 1.82) is 0 Å². The van der Waals surface area contributed by atoms with Crippen molar-refractivity contribution in [2.45, 2.75) is 51.0 Å². The van der Waals surface area contributed by atoms with Crippen LogP contribution in [0.5, 0.6) is 0 Å². The average molecular weight is 538 g/mol. The summed E-state index contributed by atoms with van der Waals surface area (Å²) in [5, 5.41) is 16.4. The molecule has 1 saturated heterocycles. The van der Waals surface area contributed by atoms with E-state index in [1.807, 2.05) is 4.98 Å². The second kappa shape index (κ2) is 11.8. The molecule has 6 atom stereocenters. The third-order valence-corrected chi connectivity index (χ3v) is 6.87. The van der Waals surface area contributed by atoms with Crippen LogP contribution in [0, 0.1) is 5.92 Å². The fourth-order valence-corrected chi connectivity index (χ4v) is 4.87. The number of azide groups is 1. The lowest BCUT2D eigenvalue weighted by molar-refractivity contribution is -0.147. The van der Waals surface area contributed by atoms with Gasteiger partial charge in [-0.2, -0.15) is 0 Å². The highest BCUT2D eigenvalue weighted by atomic mass is 31.2. The Bertz CT molecular complexity index is 1310. The Kier molecular flexibility index (Phi) is 9.05. The van der Waals surface area contributed by atoms with Crippen molar-refractivity contribution in [3.8, 4) is 0 Å². The van der Waals surface area contributed by atoms with Gasteiger partial charge in [-0.25, -0.2) is 14.4 Å². The van der Waals surface area contributed by atoms with Crippen molar-refractivity contribution < 1.29 is 33.4 Å². The molecule has 0 bridgehead atoms. The molecule has 0 aliphatic carbocycles. The quantitative estimate of drug-likeness (QED) is 0.106. The lowest BCUT2D eigenvalue weighted by Crippen LogP contribution is -2.44. The Morgan fingerprint density at radius 1 is 1.38 bits per heavy atom. The van der Waals surface area contributed by atoms with Crippen LogP contribution in [0.4, 0.5) is 0 Å². The summed E-state index contributed by atoms with van der Waals surface area (Å²) >= 11 is 0. The van der Waals surface area contributed by atoms with Crippen molar-refractivity contribution in [2.75, 3.05) is 6.61 Å². The molecule has 200 valence electrons. The first-order valence-electron chi connectivity index (χ1n) is 11.2. The molecular formula is C21H27N6O9P. The van der Waals surface area contributed by atoms with E-state index in [-0.39, 0.29) is 13.0 Å². The molecule has 0 saturated carbocycles. The predicted molar refractivity (Wildman–Crippen MR) is 128 cm³/mol. The number of carbonyl (C=O) groups excluding carboxylic acids is 1. The number of esters is 1. The molecule has 1 aromatic carbocycles. The first kappa shape index (κ1) is 28.3. The van der Waals surface area contributed by atoms with Gasteiger partial charge >= 0.3 is 19.4 Å². The van der Waals surface area contributed by atoms with Gasteiger partial charge < -0.3 is 19.5 Å². The predicted octanol–water partition coefficient (Wildman–Crippen LogP) is 1.30. The largest absolute Gasteiger partial charge is 0.460 e. The molecule has 2 aromatic rings. The van der Waals surface area contributed by atoms with Crippen LogP contribution in [-0.4, -0.2) is 50.0 Å². The minimum absolute atomic E-state index is 0.0438. The van der Waals surface area contributed by atoms with Crippen LogP contribution in [-0.2, 0) is 30.0 Å². The number of aromatic amines is 1. The summed E-state index contributed by atoms with van der Waals surface area (Å²) in [5.74, 6) is -1.67. The summed E-state index contributed by atoms with van der Waals surface area (Å²) in [6.45, 7) is 2.11. The number of aliphatic hydroxyl groups excluding tert-OH is 1. The average Bonchev–Trinajstić information content (AvgIpc) is 3.11. The van der Waals surface area contributed by atoms with Crippen LogP contribution in [0.15, 0.2) is 57.3 Å². The first-order valence-corrected chi connectivity index (χ1v) is 12.8. The third kappa shape index (κ3) is 6.73. The molecule has 2 heterocycles. The molecule has 4 N–H and O–H groups in total. The molecular weight excluding hydrogens is 511 g/mol. The van der Waals surface area contributed by atoms with E-state index in [2.05, 4.69) is 15.1 Å². The normalized spacial score (nSPS) is 25.6. The fraction of sp³-hybridized carbons (Fsp3) is 0.476. The van der Waals surface area contributed by atoms with E-state index in [1.54, 1.807) is 37.3 Å². The number of aliphatic hydroxyl groups is 1. The molecule has 3 rings (SSSR count). The third-order valence-electron chi connectivity index (χ3n) is 5.76. The maximum Gasteiger partial charge on any atom is 0.403 e. The maximum atomic E-state index is 12.7. The number of carbonyl (C=O) groups is 1. The SMILES string of the molecule is CC[C@H](NP(=O)(O)OC[C@@]1(N=[N+]=[N-])O[C@@H](n2ccc(=O)[nH]c2=O)[C@@H](C)[C@@H]1O)C(=O)OCc1ccccc1. The van der Waals surface area contributed by atoms with Crippen molar-refractivity contribution in [3.63, 3.8) is 0 Å². The van der Waals surface area contributed by atoms with Crippen LogP contribution in [0.2, 0.25) is 0 Å². The molecule has 1 aliphatic rings. The Labute approximate surface area is 210 Å². The van der Waals surface area contributed by atoms with Crippen molar-refractivity contribution in [1.82, 2.24) is 14.6 Å². The topological polar surface area (TPSA) is 218 Å². The molecule has 0 spiro atoms. The van der Waals surface area contributed by atoms with Crippen molar-refractivity contribution in [3.05, 3.63) is 79.4 Å². The molecule has 1 aromatic heterocycles. The first-order chi connectivity index (χ1) is 17.5. The summed E-state index contributed by atoms with van der Waals surface area (Å²) in [6.07, 6.45) is -1.58. The van der Waals surface area contributed by atoms with Gasteiger partial charge in [0.25, 0.3) is 5.56 Å². The molecule has 37 heavy (non-hydrogen) atoms. The lowest BCUT2D eigenvalue weighted by Gasteiger charge is -2.28. The smallest absolute Gasteiger partial charge is 0.403 e. The van der Waals surface area contributed by atoms with Gasteiger partial charge in [0.2, 0.25) is 0 Å². The molecule has 1 fully saturated rings. The lowest BCUT2D eigenvalue weighted by atomic mass is 9.98. The monoisotopic (exact) mass is 538 g/mol. The molecule has 0 amide bonds. The van der Waals surface area contributed by atoms with Crippen molar-refractivity contribution in [2.24, 2.45) is 11.0 Å². The zero-order chi connectivity index (χ0) is 27.2. The Hall–Kier alpha value is -3.29. The number of rotatable bonds is 11. The minimum Gasteiger partial charge on any atom is -0.460 e. The van der Waals surface area contributed by atoms with Gasteiger partial charge in [-0.05, 0) is 17.5 Å². The molecule has 1 unspecified atom stereocenters. The van der Waals surface area contributed by atoms with E-state index in [0.29, 0.717) is 0 Å². The Morgan fingerprint density at radius 3 is 2.70 bits per heavy atom. The van der Waals surface area contributed by atoms with Crippen LogP contribution in [0.25, 0.3) is 10.4 Å². The van der Waals surface area contributed by atoms with E-state index in [1.165, 1.54) is 6.92 Å². The van der Waals surface area contributed by atoms with Crippen LogP contribution in [0.1, 0.15) is 32.1 Å². The molecule has 15 nitrogen and oxygen atoms in total. The number of hydrogen-bond donors (Lipinski definition) is 4. The van der Waals surface area contributed by atoms with Gasteiger partial charge in [0, 0.05) is 23.1 Å². The van der Waals surface area contributed by atoms with Gasteiger partial charge in [-0.1, -0.05) is 49.3 Å². The van der Waals surface area contributed by atoms with Gasteiger partial charge in [0.1, 0.15) is 18.9 Å². The number of hydrogen-bond acceptors (Lipinski definition) is 9. The number of H-pyrrole nitrogens is 1. The van der Waals surface area contributed by atoms with E-state index >= 15 is 0 Å². The second-order valence-electron chi connectivity index (χ2n) is 8.34. The molecule has 16 heteroatoms. The number of benzene rings is 1. The molecule has 1 aliphatic heterocycles. The summed E-state index contributed by atoms with van der Waals surface area (Å²) in [4.78, 5) is 51.1. The van der Waals surface area contributed by atoms with Gasteiger partial charge in [0.15, 0.2) is 5.72 Å². The standard InChI is InChI=1S/C21H27N6O9P/c1-3-15(19(30)34-11-14-7-5-4-6-8-14)24-37(32,33)35-12-21(25-26-22)17(29)13(2)18(36-21)27-10-9-16(28)23-20(27)31/h4-10,13,15,17-18,29H,3,11-12H2,1-2H3,(H,23,28,31)(H2,24,32,33)/t13-,15-,17-,18+,21+/m0/s1. The number of ether oxygens (including phenoxy) is 2. The van der Waals surface area contributed by atoms with E-state index in [0.717, 1.165) is 22.4 Å². The highest BCUT2D eigenvalue weighted by molar-refractivity contribution is 7.50. The summed E-state index contributed by atoms with van der Waals surface area (Å²) in [6, 6.07) is 8.69. The highest BCUT2D eigenvalue weighted by Gasteiger charge is 2.54. The second-order valence-corrected chi connectivity index (χ2v) is 9.90. The van der Waals surface area contributed by atoms with Crippen LogP contribution >= 0.6 is 7.75 Å². The highest BCUT2D eigenvalue weighted by Crippen LogP contribution is 2.46. The summed E-state index contributed by atoms with van der Waals surface area (Å²) < 4.78 is 29.7. The Balaban J connectivity index is 1.71. The van der Waals surface area contributed by atoms with Crippen molar-refractivity contribution >= 4 is 13.7 Å². The van der Waals surface area contributed by atoms with E-state index < -0.39 is 61.6 Å².